The first-order valence-electron chi connectivity index (χ1n) is 7.47. The monoisotopic (exact) mass is 329 g/mol. The molecule has 1 aromatic carbocycles. The van der Waals surface area contributed by atoms with Crippen LogP contribution in [0, 0.1) is 11.7 Å². The van der Waals surface area contributed by atoms with Crippen molar-refractivity contribution in [2.24, 2.45) is 0 Å². The zero-order valence-corrected chi connectivity index (χ0v) is 14.4. The number of aryl methyl sites for hydroxylation is 2. The van der Waals surface area contributed by atoms with E-state index in [4.69, 9.17) is 12.2 Å². The molecule has 0 radical (unpaired) electrons. The summed E-state index contributed by atoms with van der Waals surface area (Å²) in [6.07, 6.45) is 1.97. The van der Waals surface area contributed by atoms with Crippen LogP contribution < -0.4 is 0 Å². The van der Waals surface area contributed by atoms with Gasteiger partial charge in [0.2, 0.25) is 0 Å². The Bertz CT molecular complexity index is 812. The van der Waals surface area contributed by atoms with Crippen LogP contribution in [0.25, 0.3) is 11.4 Å². The lowest BCUT2D eigenvalue weighted by Crippen LogP contribution is -2.04. The largest absolute Gasteiger partial charge is 0.300 e. The van der Waals surface area contributed by atoms with Gasteiger partial charge in [-0.2, -0.15) is 5.10 Å². The molecule has 5 heteroatoms. The van der Waals surface area contributed by atoms with Crippen LogP contribution in [-0.4, -0.2) is 14.8 Å². The maximum Gasteiger partial charge on any atom is 0.195 e. The van der Waals surface area contributed by atoms with Gasteiger partial charge >= 0.3 is 0 Å². The molecule has 3 aromatic rings. The number of hydrogen-bond donors (Lipinski definition) is 1. The SMILES string of the molecule is CCc1c(-c2n[nH]c(=S)n2CCc2ccccc2)csc1C. The highest BCUT2D eigenvalue weighted by Gasteiger charge is 2.15. The first kappa shape index (κ1) is 15.2. The molecule has 0 saturated carbocycles. The molecule has 3 nitrogen and oxygen atoms in total. The molecule has 114 valence electrons. The molecule has 0 aliphatic carbocycles. The van der Waals surface area contributed by atoms with Gasteiger partial charge in [-0.3, -0.25) is 9.67 Å². The van der Waals surface area contributed by atoms with Crippen molar-refractivity contribution in [2.45, 2.75) is 33.2 Å². The molecule has 3 rings (SSSR count). The smallest absolute Gasteiger partial charge is 0.195 e. The van der Waals surface area contributed by atoms with Crippen molar-refractivity contribution in [1.29, 1.82) is 0 Å². The Kier molecular flexibility index (Phi) is 4.55. The molecule has 1 N–H and O–H groups in total. The molecule has 0 atom stereocenters. The quantitative estimate of drug-likeness (QED) is 0.683. The molecule has 22 heavy (non-hydrogen) atoms. The van der Waals surface area contributed by atoms with Crippen LogP contribution in [0.5, 0.6) is 0 Å². The Morgan fingerprint density at radius 3 is 2.77 bits per heavy atom. The summed E-state index contributed by atoms with van der Waals surface area (Å²) in [4.78, 5) is 1.36. The van der Waals surface area contributed by atoms with Crippen molar-refractivity contribution < 1.29 is 0 Å². The van der Waals surface area contributed by atoms with Gasteiger partial charge in [-0.05, 0) is 43.1 Å². The Labute approximate surface area is 139 Å². The minimum Gasteiger partial charge on any atom is -0.300 e. The van der Waals surface area contributed by atoms with Gasteiger partial charge in [0, 0.05) is 22.4 Å². The number of nitrogens with zero attached hydrogens (tertiary/aromatic N) is 2. The zero-order chi connectivity index (χ0) is 15.5. The summed E-state index contributed by atoms with van der Waals surface area (Å²) in [5.74, 6) is 0.960. The van der Waals surface area contributed by atoms with Crippen LogP contribution >= 0.6 is 23.6 Å². The number of nitrogens with one attached hydrogen (secondary N) is 1. The van der Waals surface area contributed by atoms with Crippen LogP contribution in [0.2, 0.25) is 0 Å². The summed E-state index contributed by atoms with van der Waals surface area (Å²) in [7, 11) is 0. The number of benzene rings is 1. The average Bonchev–Trinajstić information content (AvgIpc) is 3.08. The molecule has 0 fully saturated rings. The summed E-state index contributed by atoms with van der Waals surface area (Å²) in [5.41, 5.74) is 3.90. The zero-order valence-electron chi connectivity index (χ0n) is 12.8. The van der Waals surface area contributed by atoms with Gasteiger partial charge in [0.25, 0.3) is 0 Å². The minimum atomic E-state index is 0.692. The third kappa shape index (κ3) is 2.91. The molecule has 0 aliphatic rings. The van der Waals surface area contributed by atoms with Gasteiger partial charge in [0.15, 0.2) is 10.6 Å². The van der Waals surface area contributed by atoms with Gasteiger partial charge < -0.3 is 0 Å². The van der Waals surface area contributed by atoms with Crippen molar-refractivity contribution in [3.63, 3.8) is 0 Å². The third-order valence-corrected chi connectivity index (χ3v) is 5.19. The van der Waals surface area contributed by atoms with Crippen molar-refractivity contribution >= 4 is 23.6 Å². The Morgan fingerprint density at radius 2 is 2.05 bits per heavy atom. The van der Waals surface area contributed by atoms with E-state index in [1.165, 1.54) is 21.6 Å². The van der Waals surface area contributed by atoms with E-state index in [1.807, 2.05) is 6.07 Å². The van der Waals surface area contributed by atoms with Crippen molar-refractivity contribution in [3.8, 4) is 11.4 Å². The van der Waals surface area contributed by atoms with E-state index >= 15 is 0 Å². The van der Waals surface area contributed by atoms with Crippen molar-refractivity contribution in [1.82, 2.24) is 14.8 Å². The lowest BCUT2D eigenvalue weighted by molar-refractivity contribution is 0.691. The second-order valence-corrected chi connectivity index (χ2v) is 6.75. The van der Waals surface area contributed by atoms with Crippen molar-refractivity contribution in [3.05, 3.63) is 56.5 Å². The van der Waals surface area contributed by atoms with Gasteiger partial charge in [-0.25, -0.2) is 0 Å². The van der Waals surface area contributed by atoms with Crippen LogP contribution in [0.4, 0.5) is 0 Å². The predicted molar refractivity (Wildman–Crippen MR) is 95.0 cm³/mol. The number of H-pyrrole nitrogens is 1. The average molecular weight is 329 g/mol. The maximum absolute atomic E-state index is 5.42. The highest BCUT2D eigenvalue weighted by molar-refractivity contribution is 7.71. The number of rotatable bonds is 5. The van der Waals surface area contributed by atoms with Crippen LogP contribution in [0.3, 0.4) is 0 Å². The summed E-state index contributed by atoms with van der Waals surface area (Å²) >= 11 is 7.20. The molecule has 0 unspecified atom stereocenters. The van der Waals surface area contributed by atoms with Gasteiger partial charge in [-0.15, -0.1) is 11.3 Å². The van der Waals surface area contributed by atoms with E-state index in [0.29, 0.717) is 4.77 Å². The number of aromatic amines is 1. The minimum absolute atomic E-state index is 0.692. The number of hydrogen-bond acceptors (Lipinski definition) is 3. The van der Waals surface area contributed by atoms with E-state index < -0.39 is 0 Å². The first-order valence-corrected chi connectivity index (χ1v) is 8.76. The fourth-order valence-corrected chi connectivity index (χ4v) is 3.88. The Balaban J connectivity index is 1.92. The van der Waals surface area contributed by atoms with Crippen LogP contribution in [0.1, 0.15) is 22.9 Å². The highest BCUT2D eigenvalue weighted by Crippen LogP contribution is 2.30. The van der Waals surface area contributed by atoms with Gasteiger partial charge in [0.1, 0.15) is 0 Å². The maximum atomic E-state index is 5.42. The van der Waals surface area contributed by atoms with E-state index in [-0.39, 0.29) is 0 Å². The van der Waals surface area contributed by atoms with Crippen LogP contribution in [-0.2, 0) is 19.4 Å². The molecular weight excluding hydrogens is 310 g/mol. The van der Waals surface area contributed by atoms with Crippen LogP contribution in [0.15, 0.2) is 35.7 Å². The Hall–Kier alpha value is -1.72. The molecule has 0 saturated heterocycles. The molecule has 0 aliphatic heterocycles. The number of aromatic nitrogens is 3. The lowest BCUT2D eigenvalue weighted by Gasteiger charge is -2.08. The lowest BCUT2D eigenvalue weighted by atomic mass is 10.1. The van der Waals surface area contributed by atoms with Gasteiger partial charge in [0.05, 0.1) is 0 Å². The van der Waals surface area contributed by atoms with E-state index in [2.05, 4.69) is 58.3 Å². The third-order valence-electron chi connectivity index (χ3n) is 3.92. The fraction of sp³-hybridized carbons (Fsp3) is 0.294. The predicted octanol–water partition coefficient (Wildman–Crippen LogP) is 4.78. The topological polar surface area (TPSA) is 33.6 Å². The molecule has 0 spiro atoms. The number of thiophene rings is 1. The molecule has 2 heterocycles. The summed E-state index contributed by atoms with van der Waals surface area (Å²) in [5, 5.41) is 9.62. The summed E-state index contributed by atoms with van der Waals surface area (Å²) < 4.78 is 2.81. The summed E-state index contributed by atoms with van der Waals surface area (Å²) in [6.45, 7) is 5.20. The van der Waals surface area contributed by atoms with E-state index in [1.54, 1.807) is 11.3 Å². The van der Waals surface area contributed by atoms with Crippen molar-refractivity contribution in [2.75, 3.05) is 0 Å². The summed E-state index contributed by atoms with van der Waals surface area (Å²) in [6, 6.07) is 10.5. The van der Waals surface area contributed by atoms with E-state index in [0.717, 1.165) is 25.2 Å². The Morgan fingerprint density at radius 1 is 1.27 bits per heavy atom. The standard InChI is InChI=1S/C17H19N3S2/c1-3-14-12(2)22-11-15(14)16-18-19-17(21)20(16)10-9-13-7-5-4-6-8-13/h4-8,11H,3,9-10H2,1-2H3,(H,19,21). The fourth-order valence-electron chi connectivity index (χ4n) is 2.72. The second-order valence-electron chi connectivity index (χ2n) is 5.28. The first-order chi connectivity index (χ1) is 10.7. The second kappa shape index (κ2) is 6.58. The normalized spacial score (nSPS) is 11.0. The molecule has 0 amide bonds. The van der Waals surface area contributed by atoms with Gasteiger partial charge in [-0.1, -0.05) is 37.3 Å². The highest BCUT2D eigenvalue weighted by atomic mass is 32.1. The van der Waals surface area contributed by atoms with E-state index in [9.17, 15) is 0 Å². The molecule has 2 aromatic heterocycles. The molecular formula is C17H19N3S2. The molecule has 0 bridgehead atoms.